The Bertz CT molecular complexity index is 1100. The lowest BCUT2D eigenvalue weighted by molar-refractivity contribution is -0.116. The Labute approximate surface area is 212 Å². The summed E-state index contributed by atoms with van der Waals surface area (Å²) in [6.07, 6.45) is 5.91. The molecule has 0 aliphatic carbocycles. The normalized spacial score (nSPS) is 17.5. The standard InChI is InChI=1S/C28H34N4O2S/c1-3-4-5-9-13-24(33)30-23-16-14-21(15-17-23)26-25(27(34)31-22-11-7-6-8-12-22)20(2)29-28-32(26)18-10-19-35-28/h6-8,11-12,14-17,26H,3-5,9-10,13,18-19H2,1-2H3,(H,30,33)(H,31,34). The van der Waals surface area contributed by atoms with Crippen molar-refractivity contribution >= 4 is 40.1 Å². The molecular formula is C28H34N4O2S. The summed E-state index contributed by atoms with van der Waals surface area (Å²) in [6.45, 7) is 4.93. The smallest absolute Gasteiger partial charge is 0.255 e. The van der Waals surface area contributed by atoms with Crippen LogP contribution in [-0.4, -0.2) is 34.2 Å². The predicted octanol–water partition coefficient (Wildman–Crippen LogP) is 6.36. The number of allylic oxidation sites excluding steroid dienone is 1. The number of amides is 2. The molecule has 0 spiro atoms. The number of hydrogen-bond acceptors (Lipinski definition) is 5. The third-order valence-electron chi connectivity index (χ3n) is 6.30. The number of nitrogens with one attached hydrogen (secondary N) is 2. The summed E-state index contributed by atoms with van der Waals surface area (Å²) in [5, 5.41) is 7.03. The summed E-state index contributed by atoms with van der Waals surface area (Å²) in [7, 11) is 0. The molecular weight excluding hydrogens is 456 g/mol. The summed E-state index contributed by atoms with van der Waals surface area (Å²) < 4.78 is 0. The molecule has 2 amide bonds. The molecule has 1 atom stereocenters. The van der Waals surface area contributed by atoms with Crippen molar-refractivity contribution in [2.75, 3.05) is 22.9 Å². The lowest BCUT2D eigenvalue weighted by atomic mass is 9.93. The molecule has 6 nitrogen and oxygen atoms in total. The number of nitrogens with zero attached hydrogens (tertiary/aromatic N) is 2. The first kappa shape index (κ1) is 25.0. The molecule has 1 fully saturated rings. The summed E-state index contributed by atoms with van der Waals surface area (Å²) in [5.41, 5.74) is 3.96. The van der Waals surface area contributed by atoms with Crippen LogP contribution in [0.15, 0.2) is 70.9 Å². The first-order chi connectivity index (χ1) is 17.1. The Morgan fingerprint density at radius 2 is 1.74 bits per heavy atom. The lowest BCUT2D eigenvalue weighted by Gasteiger charge is -2.40. The van der Waals surface area contributed by atoms with E-state index in [-0.39, 0.29) is 17.9 Å². The number of fused-ring (bicyclic) bond motifs is 1. The first-order valence-electron chi connectivity index (χ1n) is 12.5. The fourth-order valence-electron chi connectivity index (χ4n) is 4.51. The maximum absolute atomic E-state index is 13.5. The molecule has 2 heterocycles. The SMILES string of the molecule is CCCCCCC(=O)Nc1ccc(C2C(C(=O)Nc3ccccc3)=C(C)N=C3SCCCN32)cc1. The molecule has 1 saturated heterocycles. The van der Waals surface area contributed by atoms with E-state index in [1.807, 2.05) is 61.5 Å². The number of carbonyl (C=O) groups excluding carboxylic acids is 2. The first-order valence-corrected chi connectivity index (χ1v) is 13.5. The Balaban J connectivity index is 1.55. The fraction of sp³-hybridized carbons (Fsp3) is 0.393. The molecule has 4 rings (SSSR count). The Hall–Kier alpha value is -3.06. The largest absolute Gasteiger partial charge is 0.340 e. The van der Waals surface area contributed by atoms with Gasteiger partial charge in [-0.1, -0.05) is 68.3 Å². The number of unbranched alkanes of at least 4 members (excludes halogenated alkanes) is 3. The molecule has 0 saturated carbocycles. The Morgan fingerprint density at radius 3 is 2.49 bits per heavy atom. The maximum Gasteiger partial charge on any atom is 0.255 e. The van der Waals surface area contributed by atoms with E-state index in [4.69, 9.17) is 4.99 Å². The van der Waals surface area contributed by atoms with Crippen molar-refractivity contribution in [1.29, 1.82) is 0 Å². The molecule has 2 aromatic carbocycles. The van der Waals surface area contributed by atoms with Crippen molar-refractivity contribution < 1.29 is 9.59 Å². The number of rotatable bonds is 9. The van der Waals surface area contributed by atoms with Crippen LogP contribution < -0.4 is 10.6 Å². The minimum atomic E-state index is -0.224. The van der Waals surface area contributed by atoms with Crippen molar-refractivity contribution in [3.63, 3.8) is 0 Å². The van der Waals surface area contributed by atoms with Crippen LogP contribution in [-0.2, 0) is 9.59 Å². The summed E-state index contributed by atoms with van der Waals surface area (Å²) >= 11 is 1.74. The topological polar surface area (TPSA) is 73.8 Å². The van der Waals surface area contributed by atoms with Crippen molar-refractivity contribution in [1.82, 2.24) is 4.90 Å². The fourth-order valence-corrected chi connectivity index (χ4v) is 5.53. The molecule has 7 heteroatoms. The van der Waals surface area contributed by atoms with E-state index < -0.39 is 0 Å². The molecule has 2 aliphatic heterocycles. The molecule has 35 heavy (non-hydrogen) atoms. The van der Waals surface area contributed by atoms with E-state index in [2.05, 4.69) is 22.5 Å². The zero-order chi connectivity index (χ0) is 24.6. The van der Waals surface area contributed by atoms with Crippen LogP contribution in [0.1, 0.15) is 64.0 Å². The molecule has 2 aliphatic rings. The highest BCUT2D eigenvalue weighted by Gasteiger charge is 2.37. The highest BCUT2D eigenvalue weighted by Crippen LogP contribution is 2.40. The molecule has 0 bridgehead atoms. The molecule has 2 aromatic rings. The van der Waals surface area contributed by atoms with Crippen LogP contribution in [0.25, 0.3) is 0 Å². The van der Waals surface area contributed by atoms with Gasteiger partial charge in [0.2, 0.25) is 5.91 Å². The minimum Gasteiger partial charge on any atom is -0.340 e. The van der Waals surface area contributed by atoms with Crippen LogP contribution in [0.5, 0.6) is 0 Å². The van der Waals surface area contributed by atoms with E-state index in [1.165, 1.54) is 0 Å². The summed E-state index contributed by atoms with van der Waals surface area (Å²) in [5.74, 6) is 0.943. The number of anilines is 2. The molecule has 1 unspecified atom stereocenters. The Kier molecular flexibility index (Phi) is 8.64. The molecule has 184 valence electrons. The second kappa shape index (κ2) is 12.1. The average molecular weight is 491 g/mol. The maximum atomic E-state index is 13.5. The van der Waals surface area contributed by atoms with Crippen LogP contribution >= 0.6 is 11.8 Å². The van der Waals surface area contributed by atoms with Gasteiger partial charge in [0.25, 0.3) is 5.91 Å². The molecule has 0 radical (unpaired) electrons. The van der Waals surface area contributed by atoms with Gasteiger partial charge in [-0.3, -0.25) is 9.59 Å². The van der Waals surface area contributed by atoms with E-state index in [9.17, 15) is 9.59 Å². The monoisotopic (exact) mass is 490 g/mol. The van der Waals surface area contributed by atoms with E-state index in [0.717, 1.165) is 72.2 Å². The van der Waals surface area contributed by atoms with Gasteiger partial charge in [-0.25, -0.2) is 4.99 Å². The van der Waals surface area contributed by atoms with Gasteiger partial charge in [-0.15, -0.1) is 0 Å². The number of amidine groups is 1. The lowest BCUT2D eigenvalue weighted by Crippen LogP contribution is -2.43. The second-order valence-corrected chi connectivity index (χ2v) is 10.1. The molecule has 0 aromatic heterocycles. The number of carbonyl (C=O) groups is 2. The third-order valence-corrected chi connectivity index (χ3v) is 7.38. The van der Waals surface area contributed by atoms with Crippen molar-refractivity contribution in [2.45, 2.75) is 58.4 Å². The second-order valence-electron chi connectivity index (χ2n) is 8.99. The van der Waals surface area contributed by atoms with E-state index >= 15 is 0 Å². The van der Waals surface area contributed by atoms with Gasteiger partial charge in [0.05, 0.1) is 17.3 Å². The van der Waals surface area contributed by atoms with Crippen LogP contribution in [0, 0.1) is 0 Å². The highest BCUT2D eigenvalue weighted by molar-refractivity contribution is 8.13. The third kappa shape index (κ3) is 6.34. The quantitative estimate of drug-likeness (QED) is 0.401. The van der Waals surface area contributed by atoms with Gasteiger partial charge in [-0.2, -0.15) is 0 Å². The number of para-hydroxylation sites is 1. The highest BCUT2D eigenvalue weighted by atomic mass is 32.2. The van der Waals surface area contributed by atoms with Crippen LogP contribution in [0.3, 0.4) is 0 Å². The van der Waals surface area contributed by atoms with Crippen LogP contribution in [0.2, 0.25) is 0 Å². The number of aliphatic imine (C=N–C) groups is 1. The summed E-state index contributed by atoms with van der Waals surface area (Å²) in [6, 6.07) is 17.2. The van der Waals surface area contributed by atoms with Gasteiger partial charge < -0.3 is 15.5 Å². The van der Waals surface area contributed by atoms with Gasteiger partial charge in [0.15, 0.2) is 5.17 Å². The Morgan fingerprint density at radius 1 is 1.00 bits per heavy atom. The number of hydrogen-bond donors (Lipinski definition) is 2. The predicted molar refractivity (Wildman–Crippen MR) is 146 cm³/mol. The van der Waals surface area contributed by atoms with E-state index in [1.54, 1.807) is 11.8 Å². The van der Waals surface area contributed by atoms with Gasteiger partial charge in [-0.05, 0) is 49.6 Å². The van der Waals surface area contributed by atoms with Crippen molar-refractivity contribution in [3.05, 3.63) is 71.4 Å². The van der Waals surface area contributed by atoms with Gasteiger partial charge in [0.1, 0.15) is 0 Å². The van der Waals surface area contributed by atoms with Gasteiger partial charge in [0, 0.05) is 30.1 Å². The minimum absolute atomic E-state index is 0.0482. The van der Waals surface area contributed by atoms with Crippen LogP contribution in [0.4, 0.5) is 11.4 Å². The number of thioether (sulfide) groups is 1. The summed E-state index contributed by atoms with van der Waals surface area (Å²) in [4.78, 5) is 32.8. The number of benzene rings is 2. The average Bonchev–Trinajstić information content (AvgIpc) is 2.87. The van der Waals surface area contributed by atoms with Crippen molar-refractivity contribution in [3.8, 4) is 0 Å². The van der Waals surface area contributed by atoms with Gasteiger partial charge >= 0.3 is 0 Å². The molecule has 2 N–H and O–H groups in total. The zero-order valence-electron chi connectivity index (χ0n) is 20.5. The zero-order valence-corrected chi connectivity index (χ0v) is 21.4. The van der Waals surface area contributed by atoms with Crippen molar-refractivity contribution in [2.24, 2.45) is 4.99 Å². The van der Waals surface area contributed by atoms with E-state index in [0.29, 0.717) is 12.0 Å².